The second-order valence-corrected chi connectivity index (χ2v) is 12.7. The third kappa shape index (κ3) is 5.37. The van der Waals surface area contributed by atoms with Gasteiger partial charge < -0.3 is 0 Å². The zero-order chi connectivity index (χ0) is 34.1. The van der Waals surface area contributed by atoms with Gasteiger partial charge in [0.15, 0.2) is 0 Å². The highest BCUT2D eigenvalue weighted by molar-refractivity contribution is 6.23. The standard InChI is InChI=1S/C48H31N3/c49-32-33-19-27-38(28-20-33)51(46-18-7-8-31-50-46)39-29-25-35(26-30-39)34-21-23-37(24-22-34)47-42-13-3-5-15-44(42)48(45-16-6-4-14-43(45)47)41-17-9-11-36-10-1-2-12-40(36)41/h1-31H. The predicted molar refractivity (Wildman–Crippen MR) is 212 cm³/mol. The summed E-state index contributed by atoms with van der Waals surface area (Å²) in [7, 11) is 0. The Morgan fingerprint density at radius 1 is 0.412 bits per heavy atom. The van der Waals surface area contributed by atoms with Crippen molar-refractivity contribution in [1.29, 1.82) is 5.26 Å². The smallest absolute Gasteiger partial charge is 0.137 e. The van der Waals surface area contributed by atoms with Gasteiger partial charge in [0.05, 0.1) is 11.6 Å². The lowest BCUT2D eigenvalue weighted by atomic mass is 9.84. The van der Waals surface area contributed by atoms with Gasteiger partial charge in [0, 0.05) is 17.6 Å². The summed E-state index contributed by atoms with van der Waals surface area (Å²) in [5.74, 6) is 0.810. The maximum absolute atomic E-state index is 9.32. The average Bonchev–Trinajstić information content (AvgIpc) is 3.21. The van der Waals surface area contributed by atoms with Crippen LogP contribution in [0.2, 0.25) is 0 Å². The van der Waals surface area contributed by atoms with E-state index in [1.54, 1.807) is 6.20 Å². The van der Waals surface area contributed by atoms with Gasteiger partial charge in [-0.25, -0.2) is 4.98 Å². The Kier molecular flexibility index (Phi) is 7.54. The van der Waals surface area contributed by atoms with Crippen LogP contribution in [0.15, 0.2) is 188 Å². The molecule has 238 valence electrons. The molecule has 1 aromatic heterocycles. The van der Waals surface area contributed by atoms with E-state index in [0.717, 1.165) is 28.3 Å². The van der Waals surface area contributed by atoms with E-state index in [-0.39, 0.29) is 0 Å². The largest absolute Gasteiger partial charge is 0.295 e. The van der Waals surface area contributed by atoms with Crippen LogP contribution in [0.4, 0.5) is 17.2 Å². The first-order valence-electron chi connectivity index (χ1n) is 17.1. The Morgan fingerprint density at radius 3 is 1.49 bits per heavy atom. The first kappa shape index (κ1) is 30.1. The molecule has 1 heterocycles. The van der Waals surface area contributed by atoms with Crippen molar-refractivity contribution in [2.45, 2.75) is 0 Å². The number of nitriles is 1. The van der Waals surface area contributed by atoms with Gasteiger partial charge in [-0.2, -0.15) is 5.26 Å². The van der Waals surface area contributed by atoms with Gasteiger partial charge in [-0.15, -0.1) is 0 Å². The molecule has 3 heteroatoms. The fraction of sp³-hybridized carbons (Fsp3) is 0. The Balaban J connectivity index is 1.12. The van der Waals surface area contributed by atoms with E-state index in [4.69, 9.17) is 0 Å². The van der Waals surface area contributed by atoms with Gasteiger partial charge in [0.2, 0.25) is 0 Å². The molecule has 8 aromatic carbocycles. The molecular weight excluding hydrogens is 619 g/mol. The molecule has 0 atom stereocenters. The van der Waals surface area contributed by atoms with Crippen molar-refractivity contribution < 1.29 is 0 Å². The summed E-state index contributed by atoms with van der Waals surface area (Å²) in [5.41, 5.74) is 9.81. The molecule has 0 aliphatic heterocycles. The van der Waals surface area contributed by atoms with E-state index < -0.39 is 0 Å². The van der Waals surface area contributed by atoms with Crippen LogP contribution in [0.5, 0.6) is 0 Å². The Morgan fingerprint density at radius 2 is 0.902 bits per heavy atom. The van der Waals surface area contributed by atoms with E-state index in [2.05, 4.69) is 155 Å². The van der Waals surface area contributed by atoms with Gasteiger partial charge >= 0.3 is 0 Å². The maximum atomic E-state index is 9.32. The highest BCUT2D eigenvalue weighted by Gasteiger charge is 2.18. The van der Waals surface area contributed by atoms with E-state index >= 15 is 0 Å². The Bertz CT molecular complexity index is 2660. The van der Waals surface area contributed by atoms with Gasteiger partial charge in [-0.1, -0.05) is 133 Å². The molecule has 0 bridgehead atoms. The highest BCUT2D eigenvalue weighted by atomic mass is 15.2. The summed E-state index contributed by atoms with van der Waals surface area (Å²) in [6.07, 6.45) is 1.80. The molecule has 0 fully saturated rings. The van der Waals surface area contributed by atoms with E-state index in [9.17, 15) is 5.26 Å². The monoisotopic (exact) mass is 649 g/mol. The van der Waals surface area contributed by atoms with E-state index in [0.29, 0.717) is 5.56 Å². The number of hydrogen-bond acceptors (Lipinski definition) is 3. The molecule has 0 aliphatic carbocycles. The van der Waals surface area contributed by atoms with Crippen molar-refractivity contribution in [3.63, 3.8) is 0 Å². The Labute approximate surface area is 296 Å². The van der Waals surface area contributed by atoms with Crippen LogP contribution in [0.3, 0.4) is 0 Å². The molecule has 0 aliphatic rings. The summed E-state index contributed by atoms with van der Waals surface area (Å²) in [5, 5.41) is 16.8. The lowest BCUT2D eigenvalue weighted by Crippen LogP contribution is -2.11. The van der Waals surface area contributed by atoms with Gasteiger partial charge in [0.25, 0.3) is 0 Å². The molecule has 0 radical (unpaired) electrons. The summed E-state index contributed by atoms with van der Waals surface area (Å²) in [4.78, 5) is 6.74. The third-order valence-electron chi connectivity index (χ3n) is 9.76. The second-order valence-electron chi connectivity index (χ2n) is 12.7. The molecular formula is C48H31N3. The van der Waals surface area contributed by atoms with Crippen LogP contribution in [-0.2, 0) is 0 Å². The first-order valence-corrected chi connectivity index (χ1v) is 17.1. The zero-order valence-electron chi connectivity index (χ0n) is 27.7. The third-order valence-corrected chi connectivity index (χ3v) is 9.76. The molecule has 0 spiro atoms. The first-order chi connectivity index (χ1) is 25.3. The average molecular weight is 650 g/mol. The minimum atomic E-state index is 0.625. The normalized spacial score (nSPS) is 11.1. The van der Waals surface area contributed by atoms with Crippen LogP contribution < -0.4 is 4.90 Å². The second kappa shape index (κ2) is 12.8. The SMILES string of the molecule is N#Cc1ccc(N(c2ccc(-c3ccc(-c4c5ccccc5c(-c5cccc6ccccc56)c5ccccc45)cc3)cc2)c2ccccn2)cc1. The molecule has 9 aromatic rings. The van der Waals surface area contributed by atoms with Crippen molar-refractivity contribution in [3.05, 3.63) is 194 Å². The number of fused-ring (bicyclic) bond motifs is 3. The minimum Gasteiger partial charge on any atom is -0.295 e. The molecule has 3 nitrogen and oxygen atoms in total. The van der Waals surface area contributed by atoms with Crippen LogP contribution >= 0.6 is 0 Å². The molecule has 0 amide bonds. The summed E-state index contributed by atoms with van der Waals surface area (Å²) in [6.45, 7) is 0. The fourth-order valence-corrected chi connectivity index (χ4v) is 7.39. The molecule has 51 heavy (non-hydrogen) atoms. The number of pyridine rings is 1. The van der Waals surface area contributed by atoms with Crippen molar-refractivity contribution in [3.8, 4) is 39.4 Å². The Hall–Kier alpha value is -7.02. The number of rotatable bonds is 6. The number of aromatic nitrogens is 1. The summed E-state index contributed by atoms with van der Waals surface area (Å²) < 4.78 is 0. The molecule has 0 saturated carbocycles. The maximum Gasteiger partial charge on any atom is 0.137 e. The topological polar surface area (TPSA) is 39.9 Å². The van der Waals surface area contributed by atoms with Crippen LogP contribution in [0.1, 0.15) is 5.56 Å². The minimum absolute atomic E-state index is 0.625. The van der Waals surface area contributed by atoms with Crippen molar-refractivity contribution in [2.75, 3.05) is 4.90 Å². The number of hydrogen-bond donors (Lipinski definition) is 0. The molecule has 0 saturated heterocycles. The predicted octanol–water partition coefficient (Wildman–Crippen LogP) is 12.9. The van der Waals surface area contributed by atoms with Crippen LogP contribution in [0.25, 0.3) is 65.7 Å². The fourth-order valence-electron chi connectivity index (χ4n) is 7.39. The van der Waals surface area contributed by atoms with Gasteiger partial charge in [-0.3, -0.25) is 4.90 Å². The lowest BCUT2D eigenvalue weighted by molar-refractivity contribution is 1.18. The number of nitrogens with zero attached hydrogens (tertiary/aromatic N) is 3. The number of benzene rings is 8. The number of anilines is 3. The quantitative estimate of drug-likeness (QED) is 0.168. The summed E-state index contributed by atoms with van der Waals surface area (Å²) in [6, 6.07) is 66.2. The van der Waals surface area contributed by atoms with Crippen LogP contribution in [-0.4, -0.2) is 4.98 Å². The van der Waals surface area contributed by atoms with Crippen LogP contribution in [0, 0.1) is 11.3 Å². The van der Waals surface area contributed by atoms with E-state index in [1.807, 2.05) is 42.5 Å². The summed E-state index contributed by atoms with van der Waals surface area (Å²) >= 11 is 0. The molecule has 9 rings (SSSR count). The molecule has 0 N–H and O–H groups in total. The van der Waals surface area contributed by atoms with Crippen molar-refractivity contribution >= 4 is 49.5 Å². The molecule has 0 unspecified atom stereocenters. The van der Waals surface area contributed by atoms with E-state index in [1.165, 1.54) is 54.6 Å². The van der Waals surface area contributed by atoms with Crippen molar-refractivity contribution in [2.24, 2.45) is 0 Å². The highest BCUT2D eigenvalue weighted by Crippen LogP contribution is 2.45. The van der Waals surface area contributed by atoms with Crippen molar-refractivity contribution in [1.82, 2.24) is 4.98 Å². The van der Waals surface area contributed by atoms with Gasteiger partial charge in [-0.05, 0) is 114 Å². The zero-order valence-corrected chi connectivity index (χ0v) is 27.7. The van der Waals surface area contributed by atoms with Gasteiger partial charge in [0.1, 0.15) is 5.82 Å². The lowest BCUT2D eigenvalue weighted by Gasteiger charge is -2.24.